The van der Waals surface area contributed by atoms with E-state index in [1.165, 1.54) is 0 Å². The van der Waals surface area contributed by atoms with Crippen molar-refractivity contribution in [2.24, 2.45) is 0 Å². The zero-order chi connectivity index (χ0) is 24.6. The summed E-state index contributed by atoms with van der Waals surface area (Å²) in [6.45, 7) is 2.45. The number of likely N-dealkylation sites (tertiary alicyclic amines) is 1. The van der Waals surface area contributed by atoms with Crippen molar-refractivity contribution in [3.8, 4) is 23.1 Å². The molecule has 0 N–H and O–H groups in total. The van der Waals surface area contributed by atoms with Gasteiger partial charge in [0.1, 0.15) is 12.1 Å². The zero-order valence-corrected chi connectivity index (χ0v) is 20.0. The molecule has 2 aliphatic heterocycles. The third-order valence-electron chi connectivity index (χ3n) is 6.49. The van der Waals surface area contributed by atoms with E-state index < -0.39 is 0 Å². The predicted octanol–water partition coefficient (Wildman–Crippen LogP) is 3.25. The topological polar surface area (TPSA) is 101 Å². The molecule has 36 heavy (non-hydrogen) atoms. The maximum Gasteiger partial charge on any atom is 0.255 e. The lowest BCUT2D eigenvalue weighted by molar-refractivity contribution is 0.0651. The normalized spacial score (nSPS) is 16.5. The Morgan fingerprint density at radius 3 is 2.69 bits per heavy atom. The first-order valence-corrected chi connectivity index (χ1v) is 11.7. The number of methoxy groups -OCH3 is 2. The van der Waals surface area contributed by atoms with Crippen LogP contribution in [0.3, 0.4) is 0 Å². The minimum Gasteiger partial charge on any atom is -0.493 e. The van der Waals surface area contributed by atoms with Gasteiger partial charge in [-0.15, -0.1) is 0 Å². The Morgan fingerprint density at radius 2 is 1.97 bits per heavy atom. The molecule has 5 heterocycles. The molecular formula is C26H25N5O5. The Morgan fingerprint density at radius 1 is 1.08 bits per heavy atom. The van der Waals surface area contributed by atoms with Gasteiger partial charge >= 0.3 is 0 Å². The number of ether oxygens (including phenoxy) is 4. The van der Waals surface area contributed by atoms with Gasteiger partial charge in [-0.2, -0.15) is 0 Å². The molecule has 4 aromatic rings. The molecular weight excluding hydrogens is 462 g/mol. The molecule has 1 saturated heterocycles. The van der Waals surface area contributed by atoms with Gasteiger partial charge in [0.2, 0.25) is 11.6 Å². The monoisotopic (exact) mass is 487 g/mol. The lowest BCUT2D eigenvalue weighted by atomic mass is 10.1. The molecule has 0 radical (unpaired) electrons. The van der Waals surface area contributed by atoms with Crippen molar-refractivity contribution in [3.05, 3.63) is 65.7 Å². The zero-order valence-electron chi connectivity index (χ0n) is 20.0. The first-order valence-electron chi connectivity index (χ1n) is 11.7. The summed E-state index contributed by atoms with van der Waals surface area (Å²) in [7, 11) is 3.18. The summed E-state index contributed by atoms with van der Waals surface area (Å²) in [4.78, 5) is 27.6. The van der Waals surface area contributed by atoms with Crippen LogP contribution in [0.4, 0.5) is 0 Å². The van der Waals surface area contributed by atoms with E-state index in [0.29, 0.717) is 53.0 Å². The molecule has 6 rings (SSSR count). The number of hydrogen-bond acceptors (Lipinski definition) is 8. The van der Waals surface area contributed by atoms with E-state index in [-0.39, 0.29) is 12.0 Å². The van der Waals surface area contributed by atoms with Crippen molar-refractivity contribution in [2.45, 2.75) is 19.1 Å². The highest BCUT2D eigenvalue weighted by molar-refractivity contribution is 5.96. The van der Waals surface area contributed by atoms with Crippen LogP contribution >= 0.6 is 0 Å². The molecule has 2 aliphatic rings. The lowest BCUT2D eigenvalue weighted by Gasteiger charge is -2.30. The quantitative estimate of drug-likeness (QED) is 0.409. The minimum atomic E-state index is -0.314. The van der Waals surface area contributed by atoms with Gasteiger partial charge in [0, 0.05) is 37.1 Å². The number of nitrogens with zero attached hydrogens (tertiary/aromatic N) is 5. The second kappa shape index (κ2) is 9.03. The van der Waals surface area contributed by atoms with Crippen LogP contribution < -0.4 is 18.9 Å². The fourth-order valence-electron chi connectivity index (χ4n) is 4.39. The van der Waals surface area contributed by atoms with E-state index in [4.69, 9.17) is 18.9 Å². The summed E-state index contributed by atoms with van der Waals surface area (Å²) in [6.07, 6.45) is 5.81. The van der Waals surface area contributed by atoms with Crippen molar-refractivity contribution in [1.82, 2.24) is 24.4 Å². The Labute approximate surface area is 207 Å². The van der Waals surface area contributed by atoms with Gasteiger partial charge in [-0.3, -0.25) is 4.79 Å². The van der Waals surface area contributed by atoms with Crippen LogP contribution in [0.2, 0.25) is 0 Å². The third-order valence-corrected chi connectivity index (χ3v) is 6.49. The molecule has 1 atom stereocenters. The summed E-state index contributed by atoms with van der Waals surface area (Å²) in [5.74, 6) is 2.29. The highest BCUT2D eigenvalue weighted by Gasteiger charge is 2.27. The van der Waals surface area contributed by atoms with E-state index in [1.807, 2.05) is 27.7 Å². The fraction of sp³-hybridized carbons (Fsp3) is 0.308. The highest BCUT2D eigenvalue weighted by atomic mass is 16.6. The standard InChI is InChI=1S/C26H25N5O5/c1-33-20-8-16(9-21-24(20)36-22(14-35-21)17-4-5-23(34-2)27-11-17)13-31-15-29-19-10-18(12-28-25(19)31)26(32)30-6-3-7-30/h4-5,8-12,15,22H,3,6-7,13-14H2,1-2H3/t22-/m1/s1. The Kier molecular flexibility index (Phi) is 5.55. The number of fused-ring (bicyclic) bond motifs is 2. The number of hydrogen-bond donors (Lipinski definition) is 0. The molecule has 0 aliphatic carbocycles. The molecule has 184 valence electrons. The summed E-state index contributed by atoms with van der Waals surface area (Å²) in [5, 5.41) is 0. The summed E-state index contributed by atoms with van der Waals surface area (Å²) < 4.78 is 25.0. The highest BCUT2D eigenvalue weighted by Crippen LogP contribution is 2.44. The molecule has 0 bridgehead atoms. The SMILES string of the molecule is COc1ccc([C@H]2COc3cc(Cn4cnc5cc(C(=O)N6CCC6)cnc54)cc(OC)c3O2)cn1. The fourth-order valence-corrected chi connectivity index (χ4v) is 4.39. The maximum atomic E-state index is 12.5. The molecule has 10 heteroatoms. The van der Waals surface area contributed by atoms with Crippen LogP contribution in [0.25, 0.3) is 11.2 Å². The smallest absolute Gasteiger partial charge is 0.255 e. The number of pyridine rings is 2. The number of rotatable bonds is 6. The first kappa shape index (κ1) is 22.1. The van der Waals surface area contributed by atoms with Crippen molar-refractivity contribution < 1.29 is 23.7 Å². The van der Waals surface area contributed by atoms with E-state index in [1.54, 1.807) is 45.1 Å². The number of imidazole rings is 1. The molecule has 1 fully saturated rings. The van der Waals surface area contributed by atoms with Gasteiger partial charge < -0.3 is 28.4 Å². The minimum absolute atomic E-state index is 0.00509. The summed E-state index contributed by atoms with van der Waals surface area (Å²) >= 11 is 0. The Bertz CT molecular complexity index is 1410. The van der Waals surface area contributed by atoms with Crippen LogP contribution in [0.5, 0.6) is 23.1 Å². The maximum absolute atomic E-state index is 12.5. The van der Waals surface area contributed by atoms with E-state index >= 15 is 0 Å². The number of aromatic nitrogens is 4. The van der Waals surface area contributed by atoms with E-state index in [2.05, 4.69) is 15.0 Å². The number of amides is 1. The van der Waals surface area contributed by atoms with Crippen molar-refractivity contribution in [3.63, 3.8) is 0 Å². The average molecular weight is 488 g/mol. The molecule has 1 aromatic carbocycles. The molecule has 0 spiro atoms. The molecule has 1 amide bonds. The average Bonchev–Trinajstić information content (AvgIpc) is 3.28. The van der Waals surface area contributed by atoms with Crippen LogP contribution in [-0.2, 0) is 6.54 Å². The molecule has 0 saturated carbocycles. The van der Waals surface area contributed by atoms with Crippen molar-refractivity contribution in [2.75, 3.05) is 33.9 Å². The van der Waals surface area contributed by atoms with Gasteiger partial charge in [-0.25, -0.2) is 15.0 Å². The Hall–Kier alpha value is -4.34. The predicted molar refractivity (Wildman–Crippen MR) is 130 cm³/mol. The van der Waals surface area contributed by atoms with Gasteiger partial charge in [0.25, 0.3) is 5.91 Å². The van der Waals surface area contributed by atoms with Crippen LogP contribution in [0, 0.1) is 0 Å². The van der Waals surface area contributed by atoms with Gasteiger partial charge in [0.05, 0.1) is 32.7 Å². The molecule has 0 unspecified atom stereocenters. The second-order valence-electron chi connectivity index (χ2n) is 8.76. The van der Waals surface area contributed by atoms with Crippen LogP contribution in [0.1, 0.15) is 34.0 Å². The van der Waals surface area contributed by atoms with Crippen LogP contribution in [-0.4, -0.2) is 64.2 Å². The second-order valence-corrected chi connectivity index (χ2v) is 8.76. The van der Waals surface area contributed by atoms with Gasteiger partial charge in [-0.05, 0) is 36.2 Å². The van der Waals surface area contributed by atoms with Crippen molar-refractivity contribution >= 4 is 17.1 Å². The largest absolute Gasteiger partial charge is 0.493 e. The number of carbonyl (C=O) groups is 1. The Balaban J connectivity index is 1.24. The van der Waals surface area contributed by atoms with Gasteiger partial charge in [0.15, 0.2) is 23.3 Å². The van der Waals surface area contributed by atoms with E-state index in [9.17, 15) is 4.79 Å². The molecule has 10 nitrogen and oxygen atoms in total. The first-order chi connectivity index (χ1) is 17.6. The molecule has 3 aromatic heterocycles. The summed E-state index contributed by atoms with van der Waals surface area (Å²) in [6, 6.07) is 9.36. The van der Waals surface area contributed by atoms with E-state index in [0.717, 1.165) is 30.6 Å². The third kappa shape index (κ3) is 3.94. The van der Waals surface area contributed by atoms with Gasteiger partial charge in [-0.1, -0.05) is 0 Å². The van der Waals surface area contributed by atoms with Crippen molar-refractivity contribution in [1.29, 1.82) is 0 Å². The number of benzene rings is 1. The number of carbonyl (C=O) groups excluding carboxylic acids is 1. The summed E-state index contributed by atoms with van der Waals surface area (Å²) in [5.41, 5.74) is 3.78. The van der Waals surface area contributed by atoms with Crippen LogP contribution in [0.15, 0.2) is 49.1 Å². The lowest BCUT2D eigenvalue weighted by Crippen LogP contribution is -2.42.